The monoisotopic (exact) mass is 309 g/mol. The molecule has 0 spiro atoms. The molecule has 2 heterocycles. The first-order valence-corrected chi connectivity index (χ1v) is 7.93. The van der Waals surface area contributed by atoms with E-state index in [1.165, 1.54) is 31.9 Å². The van der Waals surface area contributed by atoms with Gasteiger partial charge in [-0.3, -0.25) is 15.0 Å². The van der Waals surface area contributed by atoms with Crippen molar-refractivity contribution in [1.82, 2.24) is 10.2 Å². The zero-order valence-corrected chi connectivity index (χ0v) is 12.7. The normalized spacial score (nSPS) is 25.8. The molecule has 1 N–H and O–H groups in total. The van der Waals surface area contributed by atoms with Crippen molar-refractivity contribution in [3.63, 3.8) is 0 Å². The molecule has 5 nitrogen and oxygen atoms in total. The van der Waals surface area contributed by atoms with Crippen molar-refractivity contribution in [1.29, 1.82) is 0 Å². The molecule has 0 saturated carbocycles. The van der Waals surface area contributed by atoms with E-state index >= 15 is 0 Å². The number of nitrogens with one attached hydrogen (secondary N) is 1. The molecule has 2 atom stereocenters. The first kappa shape index (κ1) is 14.8. The summed E-state index contributed by atoms with van der Waals surface area (Å²) in [5.74, 6) is 0. The van der Waals surface area contributed by atoms with Crippen LogP contribution in [-0.2, 0) is 6.54 Å². The minimum Gasteiger partial charge on any atom is -0.308 e. The van der Waals surface area contributed by atoms with Gasteiger partial charge >= 0.3 is 0 Å². The number of nitrogens with zero attached hydrogens (tertiary/aromatic N) is 2. The van der Waals surface area contributed by atoms with Gasteiger partial charge in [-0.15, -0.1) is 0 Å². The van der Waals surface area contributed by atoms with Crippen LogP contribution < -0.4 is 5.32 Å². The second kappa shape index (κ2) is 6.30. The molecule has 0 aliphatic carbocycles. The summed E-state index contributed by atoms with van der Waals surface area (Å²) in [6.07, 6.45) is 4.96. The highest BCUT2D eigenvalue weighted by molar-refractivity contribution is 6.30. The van der Waals surface area contributed by atoms with Crippen LogP contribution in [0.15, 0.2) is 18.2 Å². The molecule has 0 amide bonds. The fraction of sp³-hybridized carbons (Fsp3) is 0.600. The lowest BCUT2D eigenvalue weighted by Crippen LogP contribution is -2.44. The van der Waals surface area contributed by atoms with Crippen molar-refractivity contribution < 1.29 is 4.92 Å². The van der Waals surface area contributed by atoms with Crippen LogP contribution in [0.2, 0.25) is 5.02 Å². The Morgan fingerprint density at radius 2 is 2.19 bits per heavy atom. The third-order valence-electron chi connectivity index (χ3n) is 4.65. The summed E-state index contributed by atoms with van der Waals surface area (Å²) in [6.45, 7) is 2.87. The molecule has 2 unspecified atom stereocenters. The van der Waals surface area contributed by atoms with Gasteiger partial charge in [0, 0.05) is 41.8 Å². The van der Waals surface area contributed by atoms with Crippen molar-refractivity contribution in [2.24, 2.45) is 0 Å². The molecule has 2 fully saturated rings. The molecule has 2 aliphatic rings. The number of rotatable bonds is 4. The molecule has 0 aromatic heterocycles. The van der Waals surface area contributed by atoms with Crippen LogP contribution in [0.25, 0.3) is 0 Å². The van der Waals surface area contributed by atoms with Crippen LogP contribution in [0.3, 0.4) is 0 Å². The Hall–Kier alpha value is -1.17. The Morgan fingerprint density at radius 1 is 1.33 bits per heavy atom. The number of halogens is 1. The Kier molecular flexibility index (Phi) is 4.42. The van der Waals surface area contributed by atoms with Gasteiger partial charge in [0.1, 0.15) is 0 Å². The lowest BCUT2D eigenvalue weighted by atomic mass is 9.99. The largest absolute Gasteiger partial charge is 0.308 e. The van der Waals surface area contributed by atoms with Crippen molar-refractivity contribution in [2.45, 2.75) is 44.3 Å². The van der Waals surface area contributed by atoms with Crippen molar-refractivity contribution in [3.8, 4) is 0 Å². The minimum absolute atomic E-state index is 0.105. The Balaban J connectivity index is 1.66. The smallest absolute Gasteiger partial charge is 0.275 e. The number of hydrogen-bond acceptors (Lipinski definition) is 4. The van der Waals surface area contributed by atoms with E-state index in [4.69, 9.17) is 11.6 Å². The quantitative estimate of drug-likeness (QED) is 0.686. The van der Waals surface area contributed by atoms with E-state index in [9.17, 15) is 10.1 Å². The summed E-state index contributed by atoms with van der Waals surface area (Å²) in [6, 6.07) is 5.94. The highest BCUT2D eigenvalue weighted by atomic mass is 35.5. The molecule has 2 aliphatic heterocycles. The highest BCUT2D eigenvalue weighted by Gasteiger charge is 2.35. The molecule has 21 heavy (non-hydrogen) atoms. The molecule has 114 valence electrons. The van der Waals surface area contributed by atoms with E-state index in [0.717, 1.165) is 13.0 Å². The van der Waals surface area contributed by atoms with Gasteiger partial charge in [-0.25, -0.2) is 0 Å². The van der Waals surface area contributed by atoms with Gasteiger partial charge in [-0.05, 0) is 37.9 Å². The second-order valence-corrected chi connectivity index (χ2v) is 6.34. The maximum Gasteiger partial charge on any atom is 0.275 e. The SMILES string of the molecule is O=[N+]([O-])c1cc(Cl)ccc1CNC1CCN2CCCCC12. The molecule has 6 heteroatoms. The molecule has 2 saturated heterocycles. The number of nitro benzene ring substituents is 1. The summed E-state index contributed by atoms with van der Waals surface area (Å²) >= 11 is 5.85. The van der Waals surface area contributed by atoms with E-state index < -0.39 is 0 Å². The highest BCUT2D eigenvalue weighted by Crippen LogP contribution is 2.28. The van der Waals surface area contributed by atoms with Crippen LogP contribution >= 0.6 is 11.6 Å². The number of nitro groups is 1. The van der Waals surface area contributed by atoms with E-state index in [-0.39, 0.29) is 10.6 Å². The summed E-state index contributed by atoms with van der Waals surface area (Å²) in [5.41, 5.74) is 0.812. The fourth-order valence-corrected chi connectivity index (χ4v) is 3.75. The molecule has 3 rings (SSSR count). The van der Waals surface area contributed by atoms with Gasteiger partial charge in [0.2, 0.25) is 0 Å². The van der Waals surface area contributed by atoms with E-state index in [1.807, 2.05) is 0 Å². The van der Waals surface area contributed by atoms with Gasteiger partial charge in [0.15, 0.2) is 0 Å². The van der Waals surface area contributed by atoms with Crippen molar-refractivity contribution >= 4 is 17.3 Å². The third kappa shape index (κ3) is 3.20. The third-order valence-corrected chi connectivity index (χ3v) is 4.89. The molecular weight excluding hydrogens is 290 g/mol. The van der Waals surface area contributed by atoms with Crippen LogP contribution in [0.5, 0.6) is 0 Å². The van der Waals surface area contributed by atoms with E-state index in [2.05, 4.69) is 10.2 Å². The maximum absolute atomic E-state index is 11.1. The Labute approximate surface area is 129 Å². The van der Waals surface area contributed by atoms with Gasteiger partial charge < -0.3 is 5.32 Å². The average molecular weight is 310 g/mol. The minimum atomic E-state index is -0.357. The van der Waals surface area contributed by atoms with Crippen LogP contribution in [0.1, 0.15) is 31.2 Å². The zero-order valence-electron chi connectivity index (χ0n) is 11.9. The Morgan fingerprint density at radius 3 is 3.00 bits per heavy atom. The lowest BCUT2D eigenvalue weighted by molar-refractivity contribution is -0.385. The lowest BCUT2D eigenvalue weighted by Gasteiger charge is -2.32. The predicted molar refractivity (Wildman–Crippen MR) is 82.6 cm³/mol. The first-order valence-electron chi connectivity index (χ1n) is 7.55. The van der Waals surface area contributed by atoms with Gasteiger partial charge in [0.05, 0.1) is 4.92 Å². The van der Waals surface area contributed by atoms with Gasteiger partial charge in [0.25, 0.3) is 5.69 Å². The number of hydrogen-bond donors (Lipinski definition) is 1. The zero-order chi connectivity index (χ0) is 14.8. The molecule has 1 aromatic rings. The standard InChI is InChI=1S/C15H20ClN3O2/c16-12-5-4-11(15(9-12)19(20)21)10-17-13-6-8-18-7-2-1-3-14(13)18/h4-5,9,13-14,17H,1-3,6-8,10H2. The van der Waals surface area contributed by atoms with Crippen molar-refractivity contribution in [2.75, 3.05) is 13.1 Å². The number of benzene rings is 1. The summed E-state index contributed by atoms with van der Waals surface area (Å²) in [7, 11) is 0. The average Bonchev–Trinajstić information content (AvgIpc) is 2.89. The first-order chi connectivity index (χ1) is 10.1. The molecule has 0 bridgehead atoms. The van der Waals surface area contributed by atoms with Crippen LogP contribution in [0.4, 0.5) is 5.69 Å². The molecule has 1 aromatic carbocycles. The van der Waals surface area contributed by atoms with Crippen molar-refractivity contribution in [3.05, 3.63) is 38.9 Å². The van der Waals surface area contributed by atoms with E-state index in [1.54, 1.807) is 12.1 Å². The van der Waals surface area contributed by atoms with Crippen LogP contribution in [-0.4, -0.2) is 35.0 Å². The molecular formula is C15H20ClN3O2. The summed E-state index contributed by atoms with van der Waals surface area (Å²) in [5, 5.41) is 15.0. The van der Waals surface area contributed by atoms with Crippen LogP contribution in [0, 0.1) is 10.1 Å². The second-order valence-electron chi connectivity index (χ2n) is 5.91. The number of fused-ring (bicyclic) bond motifs is 1. The Bertz CT molecular complexity index is 538. The molecule has 0 radical (unpaired) electrons. The maximum atomic E-state index is 11.1. The van der Waals surface area contributed by atoms with E-state index in [0.29, 0.717) is 29.2 Å². The summed E-state index contributed by atoms with van der Waals surface area (Å²) < 4.78 is 0. The van der Waals surface area contributed by atoms with Gasteiger partial charge in [-0.2, -0.15) is 0 Å². The van der Waals surface area contributed by atoms with Gasteiger partial charge in [-0.1, -0.05) is 18.0 Å². The topological polar surface area (TPSA) is 58.4 Å². The summed E-state index contributed by atoms with van der Waals surface area (Å²) in [4.78, 5) is 13.3. The number of piperidine rings is 1. The predicted octanol–water partition coefficient (Wildman–Crippen LogP) is 2.96. The fourth-order valence-electron chi connectivity index (χ4n) is 3.58.